The first-order valence-electron chi connectivity index (χ1n) is 4.90. The van der Waals surface area contributed by atoms with E-state index in [0.717, 1.165) is 6.54 Å². The van der Waals surface area contributed by atoms with Crippen LogP contribution in [0.2, 0.25) is 0 Å². The Bertz CT molecular complexity index is 96.1. The van der Waals surface area contributed by atoms with Crippen molar-refractivity contribution in [2.45, 2.75) is 20.1 Å². The summed E-state index contributed by atoms with van der Waals surface area (Å²) in [5, 5.41) is 27.9. The molecular formula is C9H24N2O3. The average Bonchev–Trinajstić information content (AvgIpc) is 2.05. The van der Waals surface area contributed by atoms with Gasteiger partial charge in [0.1, 0.15) is 6.23 Å². The molecule has 0 aliphatic carbocycles. The second kappa shape index (κ2) is 12.8. The number of aliphatic hydroxyl groups is 3. The number of likely N-dealkylation sites (N-methyl/N-ethyl adjacent to an activating group) is 1. The van der Waals surface area contributed by atoms with Crippen LogP contribution in [0.15, 0.2) is 0 Å². The Hall–Kier alpha value is -0.200. The van der Waals surface area contributed by atoms with E-state index in [1.54, 1.807) is 6.92 Å². The van der Waals surface area contributed by atoms with Crippen LogP contribution in [-0.4, -0.2) is 66.3 Å². The van der Waals surface area contributed by atoms with Crippen molar-refractivity contribution in [1.29, 1.82) is 0 Å². The molecule has 14 heavy (non-hydrogen) atoms. The highest BCUT2D eigenvalue weighted by atomic mass is 16.3. The van der Waals surface area contributed by atoms with Crippen LogP contribution in [-0.2, 0) is 0 Å². The zero-order valence-corrected chi connectivity index (χ0v) is 9.40. The number of rotatable bonds is 6. The van der Waals surface area contributed by atoms with Gasteiger partial charge in [0.15, 0.2) is 0 Å². The molecule has 0 bridgehead atoms. The molecule has 5 nitrogen and oxygen atoms in total. The van der Waals surface area contributed by atoms with E-state index in [4.69, 9.17) is 15.3 Å². The van der Waals surface area contributed by atoms with Crippen molar-refractivity contribution in [1.82, 2.24) is 10.2 Å². The standard InChI is InChI=1S/C5H13NO2.C4H11NO/c1-6(2-4-7)3-5-8;1-3-5-4(2)6/h7-8H,2-5H2,1H3;4-6H,3H2,1-2H3. The van der Waals surface area contributed by atoms with E-state index in [-0.39, 0.29) is 19.4 Å². The zero-order valence-electron chi connectivity index (χ0n) is 9.40. The smallest absolute Gasteiger partial charge is 0.102 e. The Kier molecular flexibility index (Phi) is 14.8. The minimum atomic E-state index is -0.352. The lowest BCUT2D eigenvalue weighted by Crippen LogP contribution is -2.25. The second-order valence-corrected chi connectivity index (χ2v) is 2.98. The van der Waals surface area contributed by atoms with E-state index in [1.165, 1.54) is 0 Å². The van der Waals surface area contributed by atoms with Crippen molar-refractivity contribution in [3.63, 3.8) is 0 Å². The van der Waals surface area contributed by atoms with Crippen LogP contribution >= 0.6 is 0 Å². The zero-order chi connectivity index (χ0) is 11.4. The lowest BCUT2D eigenvalue weighted by molar-refractivity contribution is 0.159. The number of nitrogens with zero attached hydrogens (tertiary/aromatic N) is 1. The fourth-order valence-electron chi connectivity index (χ4n) is 0.749. The van der Waals surface area contributed by atoms with Crippen molar-refractivity contribution in [3.05, 3.63) is 0 Å². The van der Waals surface area contributed by atoms with E-state index in [0.29, 0.717) is 13.1 Å². The summed E-state index contributed by atoms with van der Waals surface area (Å²) in [6.07, 6.45) is -0.352. The van der Waals surface area contributed by atoms with Gasteiger partial charge in [-0.2, -0.15) is 0 Å². The van der Waals surface area contributed by atoms with Crippen LogP contribution in [0.4, 0.5) is 0 Å². The summed E-state index contributed by atoms with van der Waals surface area (Å²) in [6.45, 7) is 6.09. The van der Waals surface area contributed by atoms with Crippen molar-refractivity contribution in [2.75, 3.05) is 39.9 Å². The van der Waals surface area contributed by atoms with Gasteiger partial charge < -0.3 is 20.2 Å². The SMILES string of the molecule is CCNC(C)O.CN(CCO)CCO. The van der Waals surface area contributed by atoms with Crippen LogP contribution in [0.3, 0.4) is 0 Å². The summed E-state index contributed by atoms with van der Waals surface area (Å²) in [4.78, 5) is 1.86. The third kappa shape index (κ3) is 17.8. The summed E-state index contributed by atoms with van der Waals surface area (Å²) in [7, 11) is 1.85. The summed E-state index contributed by atoms with van der Waals surface area (Å²) in [5.74, 6) is 0. The highest BCUT2D eigenvalue weighted by Gasteiger charge is 1.91. The minimum absolute atomic E-state index is 0.163. The maximum Gasteiger partial charge on any atom is 0.102 e. The van der Waals surface area contributed by atoms with Gasteiger partial charge in [0.2, 0.25) is 0 Å². The molecule has 1 atom stereocenters. The van der Waals surface area contributed by atoms with Crippen LogP contribution in [0.25, 0.3) is 0 Å². The maximum atomic E-state index is 8.44. The molecule has 0 rings (SSSR count). The summed E-state index contributed by atoms with van der Waals surface area (Å²) in [6, 6.07) is 0. The van der Waals surface area contributed by atoms with Crippen LogP contribution in [0.5, 0.6) is 0 Å². The molecule has 0 saturated carbocycles. The second-order valence-electron chi connectivity index (χ2n) is 2.98. The first-order valence-corrected chi connectivity index (χ1v) is 4.90. The first kappa shape index (κ1) is 16.2. The fraction of sp³-hybridized carbons (Fsp3) is 1.00. The largest absolute Gasteiger partial charge is 0.395 e. The molecule has 0 aliphatic heterocycles. The molecule has 0 heterocycles. The Morgan fingerprint density at radius 2 is 1.64 bits per heavy atom. The normalized spacial score (nSPS) is 12.2. The lowest BCUT2D eigenvalue weighted by Gasteiger charge is -2.11. The third-order valence-corrected chi connectivity index (χ3v) is 1.46. The van der Waals surface area contributed by atoms with E-state index >= 15 is 0 Å². The van der Waals surface area contributed by atoms with E-state index < -0.39 is 0 Å². The minimum Gasteiger partial charge on any atom is -0.395 e. The maximum absolute atomic E-state index is 8.44. The average molecular weight is 208 g/mol. The summed E-state index contributed by atoms with van der Waals surface area (Å²) < 4.78 is 0. The monoisotopic (exact) mass is 208 g/mol. The highest BCUT2D eigenvalue weighted by Crippen LogP contribution is 1.76. The molecule has 0 amide bonds. The van der Waals surface area contributed by atoms with Gasteiger partial charge in [-0.05, 0) is 20.5 Å². The Labute approximate surface area is 86.4 Å². The molecule has 0 aromatic carbocycles. The van der Waals surface area contributed by atoms with Gasteiger partial charge in [0.25, 0.3) is 0 Å². The molecule has 0 radical (unpaired) electrons. The van der Waals surface area contributed by atoms with Gasteiger partial charge in [0.05, 0.1) is 13.2 Å². The molecular weight excluding hydrogens is 184 g/mol. The van der Waals surface area contributed by atoms with Crippen molar-refractivity contribution in [3.8, 4) is 0 Å². The molecule has 4 N–H and O–H groups in total. The molecule has 0 aliphatic rings. The lowest BCUT2D eigenvalue weighted by atomic mass is 10.5. The molecule has 0 saturated heterocycles. The highest BCUT2D eigenvalue weighted by molar-refractivity contribution is 4.45. The van der Waals surface area contributed by atoms with Crippen LogP contribution in [0.1, 0.15) is 13.8 Å². The number of hydrogen-bond donors (Lipinski definition) is 4. The summed E-state index contributed by atoms with van der Waals surface area (Å²) >= 11 is 0. The molecule has 0 spiro atoms. The van der Waals surface area contributed by atoms with Crippen molar-refractivity contribution in [2.24, 2.45) is 0 Å². The molecule has 88 valence electrons. The predicted octanol–water partition coefficient (Wildman–Crippen LogP) is -1.16. The van der Waals surface area contributed by atoms with E-state index in [2.05, 4.69) is 5.32 Å². The molecule has 0 aromatic heterocycles. The predicted molar refractivity (Wildman–Crippen MR) is 57.0 cm³/mol. The Morgan fingerprint density at radius 1 is 1.21 bits per heavy atom. The Morgan fingerprint density at radius 3 is 1.79 bits per heavy atom. The molecule has 0 aromatic rings. The van der Waals surface area contributed by atoms with Gasteiger partial charge in [-0.15, -0.1) is 0 Å². The Balaban J connectivity index is 0. The summed E-state index contributed by atoms with van der Waals surface area (Å²) in [5.41, 5.74) is 0. The van der Waals surface area contributed by atoms with E-state index in [1.807, 2.05) is 18.9 Å². The fourth-order valence-corrected chi connectivity index (χ4v) is 0.749. The number of aliphatic hydroxyl groups excluding tert-OH is 3. The van der Waals surface area contributed by atoms with Crippen molar-refractivity contribution >= 4 is 0 Å². The quantitative estimate of drug-likeness (QED) is 0.414. The number of nitrogens with one attached hydrogen (secondary N) is 1. The number of hydrogen-bond acceptors (Lipinski definition) is 5. The van der Waals surface area contributed by atoms with Gasteiger partial charge in [-0.1, -0.05) is 6.92 Å². The van der Waals surface area contributed by atoms with Gasteiger partial charge in [0, 0.05) is 13.1 Å². The van der Waals surface area contributed by atoms with Gasteiger partial charge in [-0.3, -0.25) is 5.32 Å². The molecule has 1 unspecified atom stereocenters. The van der Waals surface area contributed by atoms with Gasteiger partial charge in [-0.25, -0.2) is 0 Å². The van der Waals surface area contributed by atoms with Crippen molar-refractivity contribution < 1.29 is 15.3 Å². The first-order chi connectivity index (χ1) is 6.58. The molecule has 5 heteroatoms. The topological polar surface area (TPSA) is 76.0 Å². The van der Waals surface area contributed by atoms with Crippen LogP contribution in [0, 0.1) is 0 Å². The van der Waals surface area contributed by atoms with E-state index in [9.17, 15) is 0 Å². The van der Waals surface area contributed by atoms with Gasteiger partial charge >= 0.3 is 0 Å². The van der Waals surface area contributed by atoms with Crippen LogP contribution < -0.4 is 5.32 Å². The molecule has 0 fully saturated rings. The third-order valence-electron chi connectivity index (χ3n) is 1.46.